The quantitative estimate of drug-likeness (QED) is 0.351. The van der Waals surface area contributed by atoms with E-state index in [1.54, 1.807) is 6.07 Å². The van der Waals surface area contributed by atoms with Gasteiger partial charge in [-0.2, -0.15) is 4.73 Å². The second-order valence-electron chi connectivity index (χ2n) is 2.14. The van der Waals surface area contributed by atoms with Crippen LogP contribution in [0, 0.1) is 5.21 Å². The molecule has 0 N–H and O–H groups in total. The van der Waals surface area contributed by atoms with E-state index in [1.807, 2.05) is 11.4 Å². The molecule has 2 heterocycles. The van der Waals surface area contributed by atoms with Crippen LogP contribution in [0.5, 0.6) is 0 Å². The molecule has 0 radical (unpaired) electrons. The third-order valence-electron chi connectivity index (χ3n) is 1.47. The minimum Gasteiger partial charge on any atom is -0.618 e. The minimum absolute atomic E-state index is 0.262. The lowest BCUT2D eigenvalue weighted by molar-refractivity contribution is -0.601. The summed E-state index contributed by atoms with van der Waals surface area (Å²) in [6, 6.07) is 3.69. The van der Waals surface area contributed by atoms with Crippen molar-refractivity contribution >= 4 is 33.0 Å². The van der Waals surface area contributed by atoms with Crippen LogP contribution in [0.25, 0.3) is 10.1 Å². The van der Waals surface area contributed by atoms with Crippen molar-refractivity contribution in [1.29, 1.82) is 0 Å². The second-order valence-corrected chi connectivity index (χ2v) is 3.41. The molecule has 0 atom stereocenters. The van der Waals surface area contributed by atoms with Gasteiger partial charge in [-0.1, -0.05) is 0 Å². The maximum atomic E-state index is 10.9. The zero-order valence-corrected chi connectivity index (χ0v) is 7.02. The number of halogens is 1. The van der Waals surface area contributed by atoms with E-state index in [1.165, 1.54) is 17.5 Å². The van der Waals surface area contributed by atoms with E-state index in [-0.39, 0.29) is 5.15 Å². The van der Waals surface area contributed by atoms with Crippen LogP contribution in [0.2, 0.25) is 5.15 Å². The second kappa shape index (κ2) is 2.36. The summed E-state index contributed by atoms with van der Waals surface area (Å²) in [7, 11) is 0. The summed E-state index contributed by atoms with van der Waals surface area (Å²) in [4.78, 5) is 0. The number of pyridine rings is 1. The fourth-order valence-electron chi connectivity index (χ4n) is 0.932. The molecule has 2 rings (SSSR count). The molecular formula is C7H4ClNOS. The molecule has 0 aliphatic rings. The molecule has 0 aliphatic heterocycles. The summed E-state index contributed by atoms with van der Waals surface area (Å²) in [6.07, 6.45) is 1.41. The fourth-order valence-corrected chi connectivity index (χ4v) is 2.04. The Morgan fingerprint density at radius 1 is 1.45 bits per heavy atom. The zero-order chi connectivity index (χ0) is 7.84. The summed E-state index contributed by atoms with van der Waals surface area (Å²) in [5.41, 5.74) is 0. The van der Waals surface area contributed by atoms with Gasteiger partial charge in [0.25, 0.3) is 0 Å². The van der Waals surface area contributed by atoms with E-state index in [0.717, 1.165) is 10.1 Å². The van der Waals surface area contributed by atoms with Crippen LogP contribution in [0.15, 0.2) is 23.7 Å². The number of hydrogen-bond acceptors (Lipinski definition) is 2. The van der Waals surface area contributed by atoms with Crippen LogP contribution in [0.4, 0.5) is 0 Å². The number of thiophene rings is 1. The standard InChI is InChI=1S/C7H4ClNOS/c8-7-6-5(2-4-11-6)1-3-9(7)10/h1-4H. The van der Waals surface area contributed by atoms with Gasteiger partial charge in [-0.05, 0) is 23.0 Å². The Kier molecular flexibility index (Phi) is 1.47. The van der Waals surface area contributed by atoms with Crippen molar-refractivity contribution in [2.24, 2.45) is 0 Å². The summed E-state index contributed by atoms with van der Waals surface area (Å²) in [6.45, 7) is 0. The third-order valence-corrected chi connectivity index (χ3v) is 2.87. The van der Waals surface area contributed by atoms with Crippen molar-refractivity contribution in [1.82, 2.24) is 0 Å². The van der Waals surface area contributed by atoms with Crippen LogP contribution in [-0.4, -0.2) is 0 Å². The lowest BCUT2D eigenvalue weighted by atomic mass is 10.3. The molecule has 56 valence electrons. The Morgan fingerprint density at radius 3 is 3.09 bits per heavy atom. The van der Waals surface area contributed by atoms with E-state index in [2.05, 4.69) is 0 Å². The van der Waals surface area contributed by atoms with Gasteiger partial charge in [0.15, 0.2) is 6.20 Å². The molecule has 0 fully saturated rings. The van der Waals surface area contributed by atoms with Gasteiger partial charge in [0, 0.05) is 11.5 Å². The molecular weight excluding hydrogens is 182 g/mol. The highest BCUT2D eigenvalue weighted by molar-refractivity contribution is 7.17. The summed E-state index contributed by atoms with van der Waals surface area (Å²) in [5, 5.41) is 14.1. The predicted octanol–water partition coefficient (Wildman–Crippen LogP) is 2.19. The molecule has 0 bridgehead atoms. The van der Waals surface area contributed by atoms with Crippen LogP contribution in [0.1, 0.15) is 0 Å². The number of fused-ring (bicyclic) bond motifs is 1. The van der Waals surface area contributed by atoms with Gasteiger partial charge < -0.3 is 5.21 Å². The summed E-state index contributed by atoms with van der Waals surface area (Å²) < 4.78 is 1.52. The van der Waals surface area contributed by atoms with Gasteiger partial charge in [-0.15, -0.1) is 11.3 Å². The Morgan fingerprint density at radius 2 is 2.27 bits per heavy atom. The maximum absolute atomic E-state index is 10.9. The van der Waals surface area contributed by atoms with E-state index in [4.69, 9.17) is 11.6 Å². The Hall–Kier alpha value is -0.800. The first-order valence-corrected chi connectivity index (χ1v) is 4.29. The number of rotatable bonds is 0. The van der Waals surface area contributed by atoms with Gasteiger partial charge >= 0.3 is 5.15 Å². The monoisotopic (exact) mass is 185 g/mol. The SMILES string of the molecule is [O-][n+]1ccc2ccsc2c1Cl. The normalized spacial score (nSPS) is 10.6. The number of hydrogen-bond donors (Lipinski definition) is 0. The van der Waals surface area contributed by atoms with Crippen molar-refractivity contribution in [3.8, 4) is 0 Å². The first-order valence-electron chi connectivity index (χ1n) is 3.04. The molecule has 0 spiro atoms. The first-order chi connectivity index (χ1) is 5.29. The van der Waals surface area contributed by atoms with Crippen molar-refractivity contribution in [3.63, 3.8) is 0 Å². The first kappa shape index (κ1) is 6.88. The molecule has 0 saturated carbocycles. The molecule has 0 amide bonds. The van der Waals surface area contributed by atoms with Crippen LogP contribution >= 0.6 is 22.9 Å². The summed E-state index contributed by atoms with van der Waals surface area (Å²) in [5.74, 6) is 0. The lowest BCUT2D eigenvalue weighted by Crippen LogP contribution is -2.26. The largest absolute Gasteiger partial charge is 0.618 e. The molecule has 4 heteroatoms. The van der Waals surface area contributed by atoms with Crippen molar-refractivity contribution in [3.05, 3.63) is 34.1 Å². The molecule has 2 aromatic rings. The Labute approximate surface area is 72.2 Å². The van der Waals surface area contributed by atoms with E-state index < -0.39 is 0 Å². The average molecular weight is 186 g/mol. The van der Waals surface area contributed by atoms with Gasteiger partial charge in [0.1, 0.15) is 4.70 Å². The van der Waals surface area contributed by atoms with Gasteiger partial charge in [0.2, 0.25) is 0 Å². The van der Waals surface area contributed by atoms with Gasteiger partial charge in [-0.3, -0.25) is 0 Å². The Balaban J connectivity index is 2.93. The smallest absolute Gasteiger partial charge is 0.304 e. The van der Waals surface area contributed by atoms with Crippen molar-refractivity contribution in [2.75, 3.05) is 0 Å². The lowest BCUT2D eigenvalue weighted by Gasteiger charge is -1.96. The van der Waals surface area contributed by atoms with Crippen molar-refractivity contribution in [2.45, 2.75) is 0 Å². The molecule has 0 aliphatic carbocycles. The highest BCUT2D eigenvalue weighted by atomic mass is 35.5. The average Bonchev–Trinajstić information content (AvgIpc) is 2.45. The molecule has 0 saturated heterocycles. The number of nitrogens with zero attached hydrogens (tertiary/aromatic N) is 1. The Bertz CT molecular complexity index is 398. The molecule has 2 aromatic heterocycles. The highest BCUT2D eigenvalue weighted by Crippen LogP contribution is 2.24. The van der Waals surface area contributed by atoms with Gasteiger partial charge in [0.05, 0.1) is 0 Å². The summed E-state index contributed by atoms with van der Waals surface area (Å²) >= 11 is 7.20. The van der Waals surface area contributed by atoms with E-state index >= 15 is 0 Å². The predicted molar refractivity (Wildman–Crippen MR) is 45.8 cm³/mol. The van der Waals surface area contributed by atoms with Crippen molar-refractivity contribution < 1.29 is 4.73 Å². The third kappa shape index (κ3) is 0.968. The van der Waals surface area contributed by atoms with Crippen LogP contribution < -0.4 is 4.73 Å². The number of aromatic nitrogens is 1. The van der Waals surface area contributed by atoms with E-state index in [0.29, 0.717) is 4.73 Å². The maximum Gasteiger partial charge on any atom is 0.304 e. The highest BCUT2D eigenvalue weighted by Gasteiger charge is 2.07. The molecule has 2 nitrogen and oxygen atoms in total. The fraction of sp³-hybridized carbons (Fsp3) is 0. The molecule has 11 heavy (non-hydrogen) atoms. The topological polar surface area (TPSA) is 26.9 Å². The zero-order valence-electron chi connectivity index (χ0n) is 5.45. The van der Waals surface area contributed by atoms with Gasteiger partial charge in [-0.25, -0.2) is 0 Å². The molecule has 0 unspecified atom stereocenters. The van der Waals surface area contributed by atoms with Crippen LogP contribution in [0.3, 0.4) is 0 Å². The van der Waals surface area contributed by atoms with E-state index in [9.17, 15) is 5.21 Å². The molecule has 0 aromatic carbocycles. The van der Waals surface area contributed by atoms with Crippen LogP contribution in [-0.2, 0) is 0 Å². The minimum atomic E-state index is 0.262.